The van der Waals surface area contributed by atoms with Gasteiger partial charge in [-0.25, -0.2) is 17.2 Å². The molecule has 3 aromatic carbocycles. The summed E-state index contributed by atoms with van der Waals surface area (Å²) in [7, 11) is -3.95. The van der Waals surface area contributed by atoms with Gasteiger partial charge in [0, 0.05) is 11.6 Å². The molecule has 0 aliphatic carbocycles. The summed E-state index contributed by atoms with van der Waals surface area (Å²) in [5, 5.41) is -0.643. The first-order chi connectivity index (χ1) is 13.3. The van der Waals surface area contributed by atoms with Crippen molar-refractivity contribution in [3.05, 3.63) is 71.3 Å². The van der Waals surface area contributed by atoms with Crippen LogP contribution in [0.15, 0.2) is 59.5 Å². The molecular weight excluding hydrogens is 412 g/mol. The molecule has 3 aromatic rings. The number of benzene rings is 3. The molecule has 1 N–H and O–H groups in total. The molecule has 0 radical (unpaired) electrons. The number of sulfonamides is 1. The number of nitrogens with one attached hydrogen (secondary N) is 1. The summed E-state index contributed by atoms with van der Waals surface area (Å²) in [4.78, 5) is 0.0343. The number of halogens is 3. The van der Waals surface area contributed by atoms with Crippen molar-refractivity contribution in [2.45, 2.75) is 4.90 Å². The van der Waals surface area contributed by atoms with Crippen LogP contribution >= 0.6 is 11.6 Å². The molecule has 28 heavy (non-hydrogen) atoms. The van der Waals surface area contributed by atoms with Crippen molar-refractivity contribution in [2.75, 3.05) is 11.5 Å². The van der Waals surface area contributed by atoms with Crippen LogP contribution in [0.3, 0.4) is 0 Å². The Hall–Kier alpha value is -2.84. The highest BCUT2D eigenvalue weighted by molar-refractivity contribution is 7.92. The fourth-order valence-electron chi connectivity index (χ4n) is 2.78. The summed E-state index contributed by atoms with van der Waals surface area (Å²) < 4.78 is 66.4. The predicted molar refractivity (Wildman–Crippen MR) is 100 cm³/mol. The molecule has 0 spiro atoms. The van der Waals surface area contributed by atoms with Crippen molar-refractivity contribution in [1.82, 2.24) is 0 Å². The minimum absolute atomic E-state index is 0.0343. The van der Waals surface area contributed by atoms with Gasteiger partial charge in [-0.2, -0.15) is 0 Å². The molecular formula is C19H12ClF2NO4S. The normalized spacial score (nSPS) is 12.8. The highest BCUT2D eigenvalue weighted by Crippen LogP contribution is 2.42. The van der Waals surface area contributed by atoms with Crippen LogP contribution in [0.4, 0.5) is 14.5 Å². The highest BCUT2D eigenvalue weighted by Gasteiger charge is 2.23. The lowest BCUT2D eigenvalue weighted by atomic mass is 10.0. The average Bonchev–Trinajstić information content (AvgIpc) is 3.13. The number of hydrogen-bond donors (Lipinski definition) is 1. The van der Waals surface area contributed by atoms with E-state index in [0.29, 0.717) is 11.5 Å². The maximum absolute atomic E-state index is 14.0. The molecule has 9 heteroatoms. The third-order valence-electron chi connectivity index (χ3n) is 4.11. The summed E-state index contributed by atoms with van der Waals surface area (Å²) in [6, 6.07) is 12.6. The smallest absolute Gasteiger partial charge is 0.261 e. The van der Waals surface area contributed by atoms with E-state index in [0.717, 1.165) is 12.1 Å². The summed E-state index contributed by atoms with van der Waals surface area (Å²) >= 11 is 5.55. The highest BCUT2D eigenvalue weighted by atomic mass is 35.5. The Morgan fingerprint density at radius 1 is 0.929 bits per heavy atom. The van der Waals surface area contributed by atoms with Gasteiger partial charge < -0.3 is 9.47 Å². The second kappa shape index (κ2) is 6.96. The van der Waals surface area contributed by atoms with E-state index in [1.54, 1.807) is 18.2 Å². The summed E-state index contributed by atoms with van der Waals surface area (Å²) in [5.74, 6) is -1.30. The zero-order valence-electron chi connectivity index (χ0n) is 14.1. The Balaban J connectivity index is 1.86. The van der Waals surface area contributed by atoms with E-state index in [-0.39, 0.29) is 28.5 Å². The number of anilines is 1. The Bertz CT molecular complexity index is 1150. The van der Waals surface area contributed by atoms with E-state index < -0.39 is 26.7 Å². The monoisotopic (exact) mass is 423 g/mol. The zero-order valence-corrected chi connectivity index (χ0v) is 15.7. The predicted octanol–water partition coefficient (Wildman–Crippen LogP) is 4.81. The average molecular weight is 424 g/mol. The first-order valence-electron chi connectivity index (χ1n) is 8.01. The maximum Gasteiger partial charge on any atom is 0.261 e. The Morgan fingerprint density at radius 2 is 1.54 bits per heavy atom. The van der Waals surface area contributed by atoms with Crippen molar-refractivity contribution < 1.29 is 26.7 Å². The standard InChI is InChI=1S/C19H12ClF2NO4S/c20-19-14(21)6-11(7-15(19)22)13-8-17-18(27-10-26-17)9-16(13)23-28(24,25)12-4-2-1-3-5-12/h1-9,23H,10H2. The number of ether oxygens (including phenoxy) is 2. The lowest BCUT2D eigenvalue weighted by Gasteiger charge is -2.14. The second-order valence-corrected chi connectivity index (χ2v) is 7.98. The van der Waals surface area contributed by atoms with E-state index in [1.807, 2.05) is 0 Å². The fraction of sp³-hybridized carbons (Fsp3) is 0.0526. The number of fused-ring (bicyclic) bond motifs is 1. The first kappa shape index (κ1) is 18.5. The van der Waals surface area contributed by atoms with Gasteiger partial charge in [-0.1, -0.05) is 29.8 Å². The van der Waals surface area contributed by atoms with Gasteiger partial charge in [-0.15, -0.1) is 0 Å². The van der Waals surface area contributed by atoms with Gasteiger partial charge in [0.2, 0.25) is 6.79 Å². The molecule has 0 bridgehead atoms. The van der Waals surface area contributed by atoms with Crippen molar-refractivity contribution in [1.29, 1.82) is 0 Å². The van der Waals surface area contributed by atoms with Crippen LogP contribution in [-0.4, -0.2) is 15.2 Å². The molecule has 0 unspecified atom stereocenters. The minimum Gasteiger partial charge on any atom is -0.454 e. The van der Waals surface area contributed by atoms with Crippen LogP contribution in [-0.2, 0) is 10.0 Å². The van der Waals surface area contributed by atoms with E-state index in [2.05, 4.69) is 4.72 Å². The number of rotatable bonds is 4. The summed E-state index contributed by atoms with van der Waals surface area (Å²) in [6.07, 6.45) is 0. The molecule has 1 aliphatic rings. The molecule has 5 nitrogen and oxygen atoms in total. The zero-order chi connectivity index (χ0) is 19.9. The molecule has 144 valence electrons. The van der Waals surface area contributed by atoms with Crippen molar-refractivity contribution in [3.63, 3.8) is 0 Å². The fourth-order valence-corrected chi connectivity index (χ4v) is 3.98. The van der Waals surface area contributed by atoms with Crippen LogP contribution in [0.1, 0.15) is 0 Å². The van der Waals surface area contributed by atoms with Crippen LogP contribution in [0.25, 0.3) is 11.1 Å². The quantitative estimate of drug-likeness (QED) is 0.611. The van der Waals surface area contributed by atoms with Gasteiger partial charge in [0.25, 0.3) is 10.0 Å². The Morgan fingerprint density at radius 3 is 2.18 bits per heavy atom. The van der Waals surface area contributed by atoms with Gasteiger partial charge in [-0.05, 0) is 35.9 Å². The topological polar surface area (TPSA) is 64.6 Å². The van der Waals surface area contributed by atoms with E-state index in [4.69, 9.17) is 21.1 Å². The molecule has 0 saturated carbocycles. The summed E-state index contributed by atoms with van der Waals surface area (Å²) in [6.45, 7) is -0.0486. The van der Waals surface area contributed by atoms with Crippen LogP contribution in [0.2, 0.25) is 5.02 Å². The molecule has 0 amide bonds. The van der Waals surface area contributed by atoms with E-state index in [1.165, 1.54) is 24.3 Å². The van der Waals surface area contributed by atoms with E-state index >= 15 is 0 Å². The van der Waals surface area contributed by atoms with Crippen molar-refractivity contribution in [3.8, 4) is 22.6 Å². The van der Waals surface area contributed by atoms with E-state index in [9.17, 15) is 17.2 Å². The van der Waals surface area contributed by atoms with Gasteiger partial charge in [0.1, 0.15) is 16.7 Å². The van der Waals surface area contributed by atoms with Gasteiger partial charge in [0.05, 0.1) is 10.6 Å². The molecule has 0 saturated heterocycles. The van der Waals surface area contributed by atoms with Crippen LogP contribution in [0.5, 0.6) is 11.5 Å². The summed E-state index contributed by atoms with van der Waals surface area (Å²) in [5.41, 5.74) is 0.371. The lowest BCUT2D eigenvalue weighted by Crippen LogP contribution is -2.13. The van der Waals surface area contributed by atoms with Crippen LogP contribution in [0, 0.1) is 11.6 Å². The van der Waals surface area contributed by atoms with Gasteiger partial charge >= 0.3 is 0 Å². The molecule has 0 atom stereocenters. The van der Waals surface area contributed by atoms with Gasteiger partial charge in [-0.3, -0.25) is 4.72 Å². The second-order valence-electron chi connectivity index (χ2n) is 5.92. The Kier molecular flexibility index (Phi) is 4.60. The molecule has 4 rings (SSSR count). The first-order valence-corrected chi connectivity index (χ1v) is 9.88. The van der Waals surface area contributed by atoms with Gasteiger partial charge in [0.15, 0.2) is 11.5 Å². The van der Waals surface area contributed by atoms with Crippen molar-refractivity contribution in [2.24, 2.45) is 0 Å². The van der Waals surface area contributed by atoms with Crippen LogP contribution < -0.4 is 14.2 Å². The lowest BCUT2D eigenvalue weighted by molar-refractivity contribution is 0.174. The SMILES string of the molecule is O=S(=O)(Nc1cc2c(cc1-c1cc(F)c(Cl)c(F)c1)OCO2)c1ccccc1. The maximum atomic E-state index is 14.0. The third-order valence-corrected chi connectivity index (χ3v) is 5.85. The molecule has 0 fully saturated rings. The molecule has 1 aliphatic heterocycles. The largest absolute Gasteiger partial charge is 0.454 e. The minimum atomic E-state index is -3.95. The molecule has 0 aromatic heterocycles. The number of hydrogen-bond acceptors (Lipinski definition) is 4. The van der Waals surface area contributed by atoms with Crippen molar-refractivity contribution >= 4 is 27.3 Å². The third kappa shape index (κ3) is 3.36. The Labute approximate surface area is 164 Å². The molecule has 1 heterocycles.